The molecule has 0 aliphatic carbocycles. The zero-order valence-electron chi connectivity index (χ0n) is 16.2. The molecule has 4 rings (SSSR count). The molecule has 29 heavy (non-hydrogen) atoms. The number of hydrogen-bond acceptors (Lipinski definition) is 5. The summed E-state index contributed by atoms with van der Waals surface area (Å²) < 4.78 is 16.4. The number of para-hydroxylation sites is 1. The van der Waals surface area contributed by atoms with Crippen molar-refractivity contribution in [2.24, 2.45) is 0 Å². The Hall–Kier alpha value is -3.60. The molecule has 3 aromatic carbocycles. The van der Waals surface area contributed by atoms with Crippen molar-refractivity contribution >= 4 is 27.7 Å². The summed E-state index contributed by atoms with van der Waals surface area (Å²) in [4.78, 5) is 24.2. The lowest BCUT2D eigenvalue weighted by molar-refractivity contribution is -0.147. The van der Waals surface area contributed by atoms with E-state index in [1.165, 1.54) is 6.07 Å². The molecule has 146 valence electrons. The molecule has 0 aliphatic rings. The fraction of sp³-hybridized carbons (Fsp3) is 0.167. The van der Waals surface area contributed by atoms with Gasteiger partial charge in [0.15, 0.2) is 6.61 Å². The van der Waals surface area contributed by atoms with Gasteiger partial charge in [-0.2, -0.15) is 0 Å². The van der Waals surface area contributed by atoms with E-state index >= 15 is 0 Å². The van der Waals surface area contributed by atoms with Gasteiger partial charge in [-0.3, -0.25) is 0 Å². The summed E-state index contributed by atoms with van der Waals surface area (Å²) in [6, 6.07) is 18.6. The molecule has 0 bridgehead atoms. The van der Waals surface area contributed by atoms with Crippen molar-refractivity contribution in [1.82, 2.24) is 0 Å². The maximum absolute atomic E-state index is 12.2. The summed E-state index contributed by atoms with van der Waals surface area (Å²) in [5.41, 5.74) is 2.50. The Morgan fingerprint density at radius 3 is 2.52 bits per heavy atom. The van der Waals surface area contributed by atoms with Crippen LogP contribution in [-0.2, 0) is 16.1 Å². The van der Waals surface area contributed by atoms with Gasteiger partial charge in [-0.05, 0) is 41.8 Å². The van der Waals surface area contributed by atoms with Crippen molar-refractivity contribution in [2.75, 3.05) is 6.61 Å². The molecule has 0 spiro atoms. The first-order valence-corrected chi connectivity index (χ1v) is 9.32. The third-order valence-corrected chi connectivity index (χ3v) is 4.85. The lowest BCUT2D eigenvalue weighted by Crippen LogP contribution is -2.16. The predicted octanol–water partition coefficient (Wildman–Crippen LogP) is 4.69. The molecule has 1 heterocycles. The van der Waals surface area contributed by atoms with Gasteiger partial charge in [0.1, 0.15) is 17.9 Å². The maximum atomic E-state index is 12.2. The van der Waals surface area contributed by atoms with E-state index in [2.05, 4.69) is 0 Å². The molecule has 0 aliphatic heterocycles. The van der Waals surface area contributed by atoms with Crippen LogP contribution < -0.4 is 10.4 Å². The Kier molecular flexibility index (Phi) is 5.04. The van der Waals surface area contributed by atoms with Gasteiger partial charge in [-0.25, -0.2) is 9.59 Å². The number of aryl methyl sites for hydroxylation is 2. The van der Waals surface area contributed by atoms with Crippen LogP contribution in [-0.4, -0.2) is 12.6 Å². The third-order valence-electron chi connectivity index (χ3n) is 4.85. The van der Waals surface area contributed by atoms with Gasteiger partial charge in [-0.15, -0.1) is 0 Å². The molecule has 0 amide bonds. The second-order valence-corrected chi connectivity index (χ2v) is 6.92. The van der Waals surface area contributed by atoms with Gasteiger partial charge in [0.2, 0.25) is 0 Å². The summed E-state index contributed by atoms with van der Waals surface area (Å²) in [7, 11) is 0. The van der Waals surface area contributed by atoms with Gasteiger partial charge >= 0.3 is 11.6 Å². The Bertz CT molecular complexity index is 1250. The van der Waals surface area contributed by atoms with Crippen LogP contribution in [0.2, 0.25) is 0 Å². The molecule has 4 aromatic rings. The Morgan fingerprint density at radius 2 is 1.72 bits per heavy atom. The van der Waals surface area contributed by atoms with E-state index < -0.39 is 11.6 Å². The predicted molar refractivity (Wildman–Crippen MR) is 111 cm³/mol. The van der Waals surface area contributed by atoms with Crippen molar-refractivity contribution in [3.63, 3.8) is 0 Å². The minimum absolute atomic E-state index is 0.0367. The summed E-state index contributed by atoms with van der Waals surface area (Å²) in [5, 5.41) is 2.72. The highest BCUT2D eigenvalue weighted by atomic mass is 16.6. The zero-order chi connectivity index (χ0) is 20.4. The molecule has 0 unspecified atom stereocenters. The summed E-state index contributed by atoms with van der Waals surface area (Å²) in [6.45, 7) is 3.61. The van der Waals surface area contributed by atoms with E-state index in [-0.39, 0.29) is 13.2 Å². The van der Waals surface area contributed by atoms with Crippen LogP contribution >= 0.6 is 0 Å². The number of esters is 1. The number of rotatable bonds is 5. The lowest BCUT2D eigenvalue weighted by Gasteiger charge is -2.12. The molecule has 0 N–H and O–H groups in total. The number of carbonyl (C=O) groups is 1. The first kappa shape index (κ1) is 18.7. The largest absolute Gasteiger partial charge is 0.481 e. The van der Waals surface area contributed by atoms with E-state index in [4.69, 9.17) is 13.9 Å². The molecule has 5 heteroatoms. The van der Waals surface area contributed by atoms with Gasteiger partial charge in [0.05, 0.1) is 0 Å². The van der Waals surface area contributed by atoms with Crippen LogP contribution in [0.5, 0.6) is 5.75 Å². The van der Waals surface area contributed by atoms with Gasteiger partial charge in [-0.1, -0.05) is 48.5 Å². The van der Waals surface area contributed by atoms with Crippen LogP contribution in [0.25, 0.3) is 21.7 Å². The van der Waals surface area contributed by atoms with Gasteiger partial charge in [0.25, 0.3) is 0 Å². The van der Waals surface area contributed by atoms with Crippen LogP contribution in [0.3, 0.4) is 0 Å². The van der Waals surface area contributed by atoms with Crippen molar-refractivity contribution in [2.45, 2.75) is 20.5 Å². The molecule has 0 fully saturated rings. The number of carbonyl (C=O) groups excluding carboxylic acids is 1. The normalized spacial score (nSPS) is 11.0. The quantitative estimate of drug-likeness (QED) is 0.282. The van der Waals surface area contributed by atoms with E-state index in [9.17, 15) is 9.59 Å². The summed E-state index contributed by atoms with van der Waals surface area (Å²) >= 11 is 0. The SMILES string of the molecule is Cc1cccc(C)c1OCC(=O)OCc1cc(=O)oc2ccc3ccccc3c12. The highest BCUT2D eigenvalue weighted by Gasteiger charge is 2.13. The molecule has 0 radical (unpaired) electrons. The fourth-order valence-electron chi connectivity index (χ4n) is 3.49. The van der Waals surface area contributed by atoms with E-state index in [0.29, 0.717) is 16.9 Å². The van der Waals surface area contributed by atoms with Crippen molar-refractivity contribution in [1.29, 1.82) is 0 Å². The summed E-state index contributed by atoms with van der Waals surface area (Å²) in [5.74, 6) is 0.176. The number of hydrogen-bond donors (Lipinski definition) is 0. The van der Waals surface area contributed by atoms with Gasteiger partial charge < -0.3 is 13.9 Å². The van der Waals surface area contributed by atoms with Gasteiger partial charge in [0, 0.05) is 17.0 Å². The Balaban J connectivity index is 1.56. The Morgan fingerprint density at radius 1 is 0.966 bits per heavy atom. The average molecular weight is 388 g/mol. The van der Waals surface area contributed by atoms with E-state index in [1.54, 1.807) is 6.07 Å². The minimum atomic E-state index is -0.505. The van der Waals surface area contributed by atoms with Crippen LogP contribution in [0.1, 0.15) is 16.7 Å². The van der Waals surface area contributed by atoms with Crippen LogP contribution in [0, 0.1) is 13.8 Å². The molecule has 0 saturated heterocycles. The monoisotopic (exact) mass is 388 g/mol. The third kappa shape index (κ3) is 3.85. The molecule has 1 aromatic heterocycles. The average Bonchev–Trinajstić information content (AvgIpc) is 2.71. The van der Waals surface area contributed by atoms with Crippen LogP contribution in [0.4, 0.5) is 0 Å². The summed E-state index contributed by atoms with van der Waals surface area (Å²) in [6.07, 6.45) is 0. The Labute approximate surface area is 167 Å². The second-order valence-electron chi connectivity index (χ2n) is 6.92. The topological polar surface area (TPSA) is 65.7 Å². The molecular formula is C24H20O5. The van der Waals surface area contributed by atoms with Crippen molar-refractivity contribution in [3.05, 3.63) is 87.8 Å². The van der Waals surface area contributed by atoms with E-state index in [0.717, 1.165) is 27.3 Å². The first-order chi connectivity index (χ1) is 14.0. The van der Waals surface area contributed by atoms with E-state index in [1.807, 2.05) is 62.4 Å². The lowest BCUT2D eigenvalue weighted by atomic mass is 10.0. The molecule has 0 saturated carbocycles. The maximum Gasteiger partial charge on any atom is 0.344 e. The number of ether oxygens (including phenoxy) is 2. The highest BCUT2D eigenvalue weighted by Crippen LogP contribution is 2.28. The number of benzene rings is 3. The van der Waals surface area contributed by atoms with Crippen molar-refractivity contribution < 1.29 is 18.7 Å². The highest BCUT2D eigenvalue weighted by molar-refractivity contribution is 6.07. The standard InChI is InChI=1S/C24H20O5/c1-15-6-5-7-16(2)24(15)28-14-22(26)27-13-18-12-21(25)29-20-11-10-17-8-3-4-9-19(17)23(18)20/h3-12H,13-14H2,1-2H3. The molecule has 5 nitrogen and oxygen atoms in total. The molecular weight excluding hydrogens is 368 g/mol. The zero-order valence-corrected chi connectivity index (χ0v) is 16.2. The molecule has 0 atom stereocenters. The van der Waals surface area contributed by atoms with Crippen LogP contribution in [0.15, 0.2) is 69.9 Å². The first-order valence-electron chi connectivity index (χ1n) is 9.32. The van der Waals surface area contributed by atoms with Crippen molar-refractivity contribution in [3.8, 4) is 5.75 Å². The second kappa shape index (κ2) is 7.80. The number of fused-ring (bicyclic) bond motifs is 3. The minimum Gasteiger partial charge on any atom is -0.481 e. The smallest absolute Gasteiger partial charge is 0.344 e. The fourth-order valence-corrected chi connectivity index (χ4v) is 3.49.